The molecule has 5 rings (SSSR count). The summed E-state index contributed by atoms with van der Waals surface area (Å²) in [5.74, 6) is 1.08. The van der Waals surface area contributed by atoms with E-state index in [1.807, 2.05) is 12.1 Å². The summed E-state index contributed by atoms with van der Waals surface area (Å²) in [5.41, 5.74) is 3.47. The van der Waals surface area contributed by atoms with E-state index in [1.54, 1.807) is 43.6 Å². The third kappa shape index (κ3) is 4.05. The lowest BCUT2D eigenvalue weighted by molar-refractivity contribution is 0.262. The highest BCUT2D eigenvalue weighted by Gasteiger charge is 2.24. The fraction of sp³-hybridized carbons (Fsp3) is 0.130. The number of rotatable bonds is 3. The molecular weight excluding hydrogens is 489 g/mol. The second-order valence-corrected chi connectivity index (χ2v) is 8.27. The van der Waals surface area contributed by atoms with Gasteiger partial charge in [0.25, 0.3) is 0 Å². The number of amides is 2. The van der Waals surface area contributed by atoms with Gasteiger partial charge in [0.05, 0.1) is 5.69 Å². The van der Waals surface area contributed by atoms with Gasteiger partial charge in [0.1, 0.15) is 17.5 Å². The number of nitrogens with one attached hydrogen (secondary N) is 3. The molecule has 0 fully saturated rings. The molecule has 3 N–H and O–H groups in total. The molecule has 0 aliphatic carbocycles. The molecule has 2 amide bonds. The molecule has 2 aromatic carbocycles. The third-order valence-electron chi connectivity index (χ3n) is 5.32. The lowest BCUT2D eigenvalue weighted by Gasteiger charge is -2.18. The molecule has 0 unspecified atom stereocenters. The Morgan fingerprint density at radius 1 is 1.18 bits per heavy atom. The van der Waals surface area contributed by atoms with Crippen molar-refractivity contribution < 1.29 is 9.18 Å². The maximum atomic E-state index is 14.7. The standard InChI is InChI=1S/C23H19BrFN7O/c1-26-22-28-12-13-9-16(21-27-7-8-32(21)20(13)31-22)15-10-19(18(25)11-17(15)24)30-23(33)29-14-5-3-2-4-6-14/h2-6,9-12,27H,7-8H2,1H3,(H2,29,30,33). The van der Waals surface area contributed by atoms with Crippen molar-refractivity contribution in [2.45, 2.75) is 6.54 Å². The fourth-order valence-electron chi connectivity index (χ4n) is 3.83. The number of nitrogens with zero attached hydrogens (tertiary/aromatic N) is 4. The van der Waals surface area contributed by atoms with Crippen LogP contribution in [0.25, 0.3) is 22.5 Å². The molecule has 166 valence electrons. The Labute approximate surface area is 197 Å². The quantitative estimate of drug-likeness (QED) is 0.379. The summed E-state index contributed by atoms with van der Waals surface area (Å²) in [5, 5.41) is 8.69. The van der Waals surface area contributed by atoms with E-state index in [-0.39, 0.29) is 5.69 Å². The van der Waals surface area contributed by atoms with Crippen LogP contribution in [0.5, 0.6) is 0 Å². The van der Waals surface area contributed by atoms with Crippen molar-refractivity contribution in [2.75, 3.05) is 29.5 Å². The van der Waals surface area contributed by atoms with Crippen LogP contribution in [0.3, 0.4) is 0 Å². The molecule has 0 atom stereocenters. The highest BCUT2D eigenvalue weighted by molar-refractivity contribution is 9.10. The largest absolute Gasteiger partial charge is 0.369 e. The van der Waals surface area contributed by atoms with E-state index in [4.69, 9.17) is 0 Å². The van der Waals surface area contributed by atoms with E-state index in [0.717, 1.165) is 41.4 Å². The van der Waals surface area contributed by atoms with Crippen molar-refractivity contribution in [3.8, 4) is 22.5 Å². The normalized spacial score (nSPS) is 13.0. The minimum absolute atomic E-state index is 0.0647. The zero-order valence-corrected chi connectivity index (χ0v) is 19.1. The number of aromatic nitrogens is 3. The SMILES string of the molecule is CN=c1ncc2cc(-c3cc(NC(=O)Nc4ccccc4)c(F)cc3Br)c3n(c-2n1)CCN3. The minimum Gasteiger partial charge on any atom is -0.369 e. The van der Waals surface area contributed by atoms with Crippen molar-refractivity contribution in [3.63, 3.8) is 0 Å². The van der Waals surface area contributed by atoms with E-state index in [1.165, 1.54) is 6.07 Å². The summed E-state index contributed by atoms with van der Waals surface area (Å²) < 4.78 is 17.4. The Balaban J connectivity index is 1.56. The van der Waals surface area contributed by atoms with Gasteiger partial charge in [0, 0.05) is 53.2 Å². The molecule has 8 nitrogen and oxygen atoms in total. The predicted octanol–water partition coefficient (Wildman–Crippen LogP) is 4.55. The first-order valence-electron chi connectivity index (χ1n) is 10.2. The van der Waals surface area contributed by atoms with Gasteiger partial charge in [-0.1, -0.05) is 34.1 Å². The highest BCUT2D eigenvalue weighted by Crippen LogP contribution is 2.41. The first-order valence-corrected chi connectivity index (χ1v) is 11.0. The lowest BCUT2D eigenvalue weighted by Crippen LogP contribution is -2.20. The number of urea groups is 1. The number of benzene rings is 2. The number of carbonyl (C=O) groups is 1. The van der Waals surface area contributed by atoms with Crippen LogP contribution in [-0.4, -0.2) is 34.2 Å². The van der Waals surface area contributed by atoms with Crippen LogP contribution < -0.4 is 21.6 Å². The average Bonchev–Trinajstić information content (AvgIpc) is 3.31. The maximum absolute atomic E-state index is 14.7. The van der Waals surface area contributed by atoms with E-state index in [0.29, 0.717) is 15.8 Å². The van der Waals surface area contributed by atoms with Crippen LogP contribution in [0.15, 0.2) is 64.2 Å². The molecule has 3 heterocycles. The molecule has 0 radical (unpaired) electrons. The zero-order chi connectivity index (χ0) is 22.9. The Hall–Kier alpha value is -3.79. The Morgan fingerprint density at radius 3 is 2.79 bits per heavy atom. The molecule has 3 aliphatic rings. The van der Waals surface area contributed by atoms with E-state index in [2.05, 4.69) is 51.4 Å². The number of halogens is 2. The summed E-state index contributed by atoms with van der Waals surface area (Å²) in [6.07, 6.45) is 1.73. The molecule has 0 aromatic heterocycles. The molecule has 0 saturated heterocycles. The van der Waals surface area contributed by atoms with Crippen molar-refractivity contribution in [1.82, 2.24) is 14.5 Å². The Morgan fingerprint density at radius 2 is 2.00 bits per heavy atom. The van der Waals surface area contributed by atoms with Gasteiger partial charge in [-0.3, -0.25) is 4.99 Å². The minimum atomic E-state index is -0.551. The first kappa shape index (κ1) is 21.1. The Bertz CT molecular complexity index is 1400. The van der Waals surface area contributed by atoms with Crippen LogP contribution >= 0.6 is 15.9 Å². The maximum Gasteiger partial charge on any atom is 0.323 e. The zero-order valence-electron chi connectivity index (χ0n) is 17.6. The van der Waals surface area contributed by atoms with Gasteiger partial charge >= 0.3 is 6.03 Å². The average molecular weight is 508 g/mol. The number of hydrogen-bond acceptors (Lipinski definition) is 5. The van der Waals surface area contributed by atoms with E-state index >= 15 is 0 Å². The van der Waals surface area contributed by atoms with Gasteiger partial charge in [-0.25, -0.2) is 14.2 Å². The molecule has 2 aromatic rings. The number of para-hydroxylation sites is 1. The molecule has 3 aliphatic heterocycles. The summed E-state index contributed by atoms with van der Waals surface area (Å²) in [6.45, 7) is 1.46. The summed E-state index contributed by atoms with van der Waals surface area (Å²) in [4.78, 5) is 25.3. The lowest BCUT2D eigenvalue weighted by atomic mass is 10.0. The van der Waals surface area contributed by atoms with Crippen molar-refractivity contribution in [2.24, 2.45) is 4.99 Å². The molecule has 0 saturated carbocycles. The smallest absolute Gasteiger partial charge is 0.323 e. The predicted molar refractivity (Wildman–Crippen MR) is 129 cm³/mol. The van der Waals surface area contributed by atoms with Gasteiger partial charge in [0.2, 0.25) is 5.62 Å². The molecule has 33 heavy (non-hydrogen) atoms. The number of hydrogen-bond donors (Lipinski definition) is 3. The first-order chi connectivity index (χ1) is 16.0. The number of fused-ring (bicyclic) bond motifs is 3. The summed E-state index contributed by atoms with van der Waals surface area (Å²) in [6, 6.07) is 13.3. The van der Waals surface area contributed by atoms with Crippen molar-refractivity contribution in [1.29, 1.82) is 0 Å². The third-order valence-corrected chi connectivity index (χ3v) is 5.97. The van der Waals surface area contributed by atoms with Gasteiger partial charge in [-0.2, -0.15) is 4.98 Å². The summed E-state index contributed by atoms with van der Waals surface area (Å²) >= 11 is 3.48. The van der Waals surface area contributed by atoms with E-state index in [9.17, 15) is 9.18 Å². The van der Waals surface area contributed by atoms with Crippen LogP contribution in [0.2, 0.25) is 0 Å². The second-order valence-electron chi connectivity index (χ2n) is 7.41. The monoisotopic (exact) mass is 507 g/mol. The van der Waals surface area contributed by atoms with Crippen LogP contribution in [-0.2, 0) is 6.54 Å². The van der Waals surface area contributed by atoms with Crippen LogP contribution in [0.1, 0.15) is 0 Å². The van der Waals surface area contributed by atoms with Crippen molar-refractivity contribution >= 4 is 39.2 Å². The number of pyridine rings is 1. The molecule has 0 bridgehead atoms. The molecule has 0 spiro atoms. The topological polar surface area (TPSA) is 96.2 Å². The van der Waals surface area contributed by atoms with Gasteiger partial charge in [-0.05, 0) is 30.3 Å². The van der Waals surface area contributed by atoms with E-state index < -0.39 is 11.8 Å². The molecular formula is C23H19BrFN7O. The Kier molecular flexibility index (Phi) is 5.51. The van der Waals surface area contributed by atoms with Gasteiger partial charge in [0.15, 0.2) is 0 Å². The van der Waals surface area contributed by atoms with Crippen LogP contribution in [0.4, 0.5) is 26.4 Å². The van der Waals surface area contributed by atoms with Crippen LogP contribution in [0, 0.1) is 5.82 Å². The number of anilines is 3. The number of carbonyl (C=O) groups excluding carboxylic acids is 1. The molecule has 10 heteroatoms. The second kappa shape index (κ2) is 8.62. The fourth-order valence-corrected chi connectivity index (χ4v) is 4.36. The van der Waals surface area contributed by atoms with Gasteiger partial charge in [-0.15, -0.1) is 0 Å². The highest BCUT2D eigenvalue weighted by atomic mass is 79.9. The van der Waals surface area contributed by atoms with Crippen molar-refractivity contribution in [3.05, 3.63) is 70.6 Å². The van der Waals surface area contributed by atoms with Gasteiger partial charge < -0.3 is 20.5 Å². The summed E-state index contributed by atoms with van der Waals surface area (Å²) in [7, 11) is 1.65.